The summed E-state index contributed by atoms with van der Waals surface area (Å²) in [6.07, 6.45) is 5.18. The molecule has 2 aliphatic rings. The summed E-state index contributed by atoms with van der Waals surface area (Å²) in [5, 5.41) is 4.48. The fraction of sp³-hybridized carbons (Fsp3) is 0.414. The van der Waals surface area contributed by atoms with Gasteiger partial charge in [-0.3, -0.25) is 14.2 Å². The Kier molecular flexibility index (Phi) is 9.26. The molecule has 7 nitrogen and oxygen atoms in total. The Hall–Kier alpha value is -2.82. The maximum Gasteiger partial charge on any atom is 0.264 e. The Morgan fingerprint density at radius 1 is 1.15 bits per heavy atom. The number of aromatic nitrogens is 2. The maximum absolute atomic E-state index is 13.8. The van der Waals surface area contributed by atoms with E-state index in [2.05, 4.69) is 17.9 Å². The summed E-state index contributed by atoms with van der Waals surface area (Å²) in [5.74, 6) is 0.366. The first kappa shape index (κ1) is 27.7. The molecular formula is C29H33FN4O3S2. The number of carbonyl (C=O) groups is 1. The molecule has 5 rings (SSSR count). The van der Waals surface area contributed by atoms with Crippen LogP contribution in [-0.4, -0.2) is 51.8 Å². The molecule has 206 valence electrons. The van der Waals surface area contributed by atoms with Gasteiger partial charge < -0.3 is 15.0 Å². The first-order valence-corrected chi connectivity index (χ1v) is 14.8. The molecule has 1 fully saturated rings. The summed E-state index contributed by atoms with van der Waals surface area (Å²) in [6.45, 7) is 2.59. The molecule has 0 saturated heterocycles. The third-order valence-corrected chi connectivity index (χ3v) is 8.76. The molecule has 1 aliphatic carbocycles. The molecule has 0 radical (unpaired) electrons. The largest absolute Gasteiger partial charge is 0.494 e. The standard InChI is InChI=1S/C29H33FN4O3S2/c30-20-9-11-21(12-10-20)37-18-4-15-31-16-13-27(35)33-17-14-24-23(19-33)28(36)34(25-7-1-2-8-26(25)38)29(32-24)39-22-5-3-6-22/h1-2,7-12,22,31,38H,3-6,13-19H2. The van der Waals surface area contributed by atoms with Gasteiger partial charge >= 0.3 is 0 Å². The number of rotatable bonds is 11. The number of nitrogens with zero attached hydrogens (tertiary/aromatic N) is 3. The molecule has 2 heterocycles. The van der Waals surface area contributed by atoms with Gasteiger partial charge in [0.25, 0.3) is 5.56 Å². The maximum atomic E-state index is 13.8. The molecule has 0 bridgehead atoms. The number of thioether (sulfide) groups is 1. The van der Waals surface area contributed by atoms with Crippen LogP contribution in [0.25, 0.3) is 5.69 Å². The lowest BCUT2D eigenvalue weighted by Gasteiger charge is -2.30. The third kappa shape index (κ3) is 6.85. The van der Waals surface area contributed by atoms with Crippen LogP contribution in [0, 0.1) is 5.82 Å². The van der Waals surface area contributed by atoms with E-state index in [4.69, 9.17) is 9.72 Å². The first-order chi connectivity index (χ1) is 19.0. The second-order valence-corrected chi connectivity index (χ2v) is 11.6. The Labute approximate surface area is 237 Å². The molecule has 2 aromatic carbocycles. The van der Waals surface area contributed by atoms with E-state index in [0.717, 1.165) is 40.7 Å². The van der Waals surface area contributed by atoms with Crippen molar-refractivity contribution in [2.24, 2.45) is 0 Å². The zero-order chi connectivity index (χ0) is 27.2. The SMILES string of the molecule is O=C(CCNCCCOc1ccc(F)cc1)N1CCc2nc(SC3CCC3)n(-c3ccccc3S)c(=O)c2C1. The normalized spacial score (nSPS) is 15.1. The predicted molar refractivity (Wildman–Crippen MR) is 154 cm³/mol. The van der Waals surface area contributed by atoms with Crippen LogP contribution in [-0.2, 0) is 17.8 Å². The fourth-order valence-corrected chi connectivity index (χ4v) is 6.22. The van der Waals surface area contributed by atoms with Crippen molar-refractivity contribution >= 4 is 30.3 Å². The van der Waals surface area contributed by atoms with Gasteiger partial charge in [0, 0.05) is 36.1 Å². The minimum Gasteiger partial charge on any atom is -0.494 e. The first-order valence-electron chi connectivity index (χ1n) is 13.5. The molecule has 39 heavy (non-hydrogen) atoms. The van der Waals surface area contributed by atoms with Gasteiger partial charge in [-0.1, -0.05) is 30.3 Å². The number of carbonyl (C=O) groups excluding carboxylic acids is 1. The highest BCUT2D eigenvalue weighted by Crippen LogP contribution is 2.37. The third-order valence-electron chi connectivity index (χ3n) is 7.09. The highest BCUT2D eigenvalue weighted by atomic mass is 32.2. The molecule has 3 aromatic rings. The quantitative estimate of drug-likeness (QED) is 0.200. The number of thiol groups is 1. The van der Waals surface area contributed by atoms with Gasteiger partial charge in [0.2, 0.25) is 5.91 Å². The van der Waals surface area contributed by atoms with Crippen LogP contribution >= 0.6 is 24.4 Å². The highest BCUT2D eigenvalue weighted by Gasteiger charge is 2.29. The van der Waals surface area contributed by atoms with Crippen molar-refractivity contribution in [1.82, 2.24) is 19.8 Å². The summed E-state index contributed by atoms with van der Waals surface area (Å²) < 4.78 is 20.2. The van der Waals surface area contributed by atoms with Crippen molar-refractivity contribution in [3.8, 4) is 11.4 Å². The van der Waals surface area contributed by atoms with Crippen molar-refractivity contribution < 1.29 is 13.9 Å². The molecule has 0 unspecified atom stereocenters. The minimum atomic E-state index is -0.288. The van der Waals surface area contributed by atoms with Crippen molar-refractivity contribution in [1.29, 1.82) is 0 Å². The topological polar surface area (TPSA) is 76.5 Å². The molecule has 1 aliphatic heterocycles. The van der Waals surface area contributed by atoms with Crippen LogP contribution < -0.4 is 15.6 Å². The van der Waals surface area contributed by atoms with E-state index in [1.54, 1.807) is 33.4 Å². The Morgan fingerprint density at radius 2 is 1.95 bits per heavy atom. The summed E-state index contributed by atoms with van der Waals surface area (Å²) in [4.78, 5) is 34.2. The van der Waals surface area contributed by atoms with Gasteiger partial charge in [-0.25, -0.2) is 9.37 Å². The molecule has 1 N–H and O–H groups in total. The number of para-hydroxylation sites is 1. The Morgan fingerprint density at radius 3 is 2.69 bits per heavy atom. The average Bonchev–Trinajstić information content (AvgIpc) is 2.92. The smallest absolute Gasteiger partial charge is 0.264 e. The van der Waals surface area contributed by atoms with Gasteiger partial charge in [-0.15, -0.1) is 12.6 Å². The highest BCUT2D eigenvalue weighted by molar-refractivity contribution is 7.99. The fourth-order valence-electron chi connectivity index (χ4n) is 4.65. The van der Waals surface area contributed by atoms with E-state index < -0.39 is 0 Å². The van der Waals surface area contributed by atoms with Gasteiger partial charge in [-0.05, 0) is 62.2 Å². The number of benzene rings is 2. The van der Waals surface area contributed by atoms with Crippen LogP contribution in [0.1, 0.15) is 43.4 Å². The number of hydrogen-bond donors (Lipinski definition) is 2. The van der Waals surface area contributed by atoms with E-state index in [9.17, 15) is 14.0 Å². The van der Waals surface area contributed by atoms with Crippen LogP contribution in [0.15, 0.2) is 63.4 Å². The molecule has 1 amide bonds. The summed E-state index contributed by atoms with van der Waals surface area (Å²) in [5.41, 5.74) is 2.01. The van der Waals surface area contributed by atoms with Crippen molar-refractivity contribution in [2.45, 2.75) is 60.4 Å². The lowest BCUT2D eigenvalue weighted by atomic mass is 10.0. The average molecular weight is 569 g/mol. The van der Waals surface area contributed by atoms with E-state index in [1.165, 1.54) is 18.6 Å². The van der Waals surface area contributed by atoms with E-state index >= 15 is 0 Å². The number of halogens is 1. The van der Waals surface area contributed by atoms with E-state index in [1.807, 2.05) is 24.3 Å². The number of fused-ring (bicyclic) bond motifs is 1. The Balaban J connectivity index is 1.17. The lowest BCUT2D eigenvalue weighted by molar-refractivity contribution is -0.132. The zero-order valence-corrected chi connectivity index (χ0v) is 23.5. The molecule has 1 saturated carbocycles. The molecule has 1 aromatic heterocycles. The van der Waals surface area contributed by atoms with Gasteiger partial charge in [0.1, 0.15) is 11.6 Å². The molecule has 10 heteroatoms. The Bertz CT molecular complexity index is 1360. The van der Waals surface area contributed by atoms with Crippen molar-refractivity contribution in [2.75, 3.05) is 26.2 Å². The van der Waals surface area contributed by atoms with Crippen molar-refractivity contribution in [3.05, 3.63) is 76.0 Å². The van der Waals surface area contributed by atoms with Gasteiger partial charge in [0.05, 0.1) is 30.1 Å². The number of nitrogens with one attached hydrogen (secondary N) is 1. The second kappa shape index (κ2) is 13.0. The van der Waals surface area contributed by atoms with E-state index in [0.29, 0.717) is 55.6 Å². The lowest BCUT2D eigenvalue weighted by Crippen LogP contribution is -2.42. The zero-order valence-electron chi connectivity index (χ0n) is 21.8. The molecule has 0 atom stereocenters. The number of hydrogen-bond acceptors (Lipinski definition) is 7. The van der Waals surface area contributed by atoms with E-state index in [-0.39, 0.29) is 23.8 Å². The summed E-state index contributed by atoms with van der Waals surface area (Å²) >= 11 is 6.29. The predicted octanol–water partition coefficient (Wildman–Crippen LogP) is 4.64. The van der Waals surface area contributed by atoms with Crippen LogP contribution in [0.4, 0.5) is 4.39 Å². The molecular weight excluding hydrogens is 535 g/mol. The van der Waals surface area contributed by atoms with Crippen molar-refractivity contribution in [3.63, 3.8) is 0 Å². The van der Waals surface area contributed by atoms with Crippen LogP contribution in [0.3, 0.4) is 0 Å². The van der Waals surface area contributed by atoms with Gasteiger partial charge in [0.15, 0.2) is 5.16 Å². The molecule has 0 spiro atoms. The minimum absolute atomic E-state index is 0.0178. The summed E-state index contributed by atoms with van der Waals surface area (Å²) in [7, 11) is 0. The van der Waals surface area contributed by atoms with Crippen LogP contribution in [0.2, 0.25) is 0 Å². The number of ether oxygens (including phenoxy) is 1. The number of amides is 1. The summed E-state index contributed by atoms with van der Waals surface area (Å²) in [6, 6.07) is 13.5. The van der Waals surface area contributed by atoms with Crippen LogP contribution in [0.5, 0.6) is 5.75 Å². The van der Waals surface area contributed by atoms with Gasteiger partial charge in [-0.2, -0.15) is 0 Å². The monoisotopic (exact) mass is 568 g/mol. The second-order valence-electron chi connectivity index (χ2n) is 9.84.